The number of fused-ring (bicyclic) bond motifs is 1. The van der Waals surface area contributed by atoms with Gasteiger partial charge < -0.3 is 4.42 Å². The molecule has 0 spiro atoms. The van der Waals surface area contributed by atoms with Crippen LogP contribution < -0.4 is 5.32 Å². The molecule has 4 rings (SSSR count). The van der Waals surface area contributed by atoms with Crippen molar-refractivity contribution < 1.29 is 9.21 Å². The van der Waals surface area contributed by atoms with Crippen LogP contribution in [0.25, 0.3) is 0 Å². The summed E-state index contributed by atoms with van der Waals surface area (Å²) in [7, 11) is 0. The average molecular weight is 418 g/mol. The number of amides is 1. The lowest BCUT2D eigenvalue weighted by atomic mass is 10.1. The second-order valence-electron chi connectivity index (χ2n) is 5.89. The van der Waals surface area contributed by atoms with Crippen molar-refractivity contribution in [3.63, 3.8) is 0 Å². The molecular weight excluding hydrogens is 402 g/mol. The number of anilines is 1. The van der Waals surface area contributed by atoms with E-state index in [1.807, 2.05) is 6.07 Å². The Morgan fingerprint density at radius 1 is 1.28 bits per heavy atom. The van der Waals surface area contributed by atoms with Crippen LogP contribution in [0.15, 0.2) is 51.6 Å². The number of nitrogens with one attached hydrogen (secondary N) is 1. The second kappa shape index (κ2) is 7.11. The van der Waals surface area contributed by atoms with Gasteiger partial charge in [-0.05, 0) is 33.6 Å². The van der Waals surface area contributed by atoms with Gasteiger partial charge in [-0.3, -0.25) is 15.0 Å². The molecule has 3 heterocycles. The fourth-order valence-electron chi connectivity index (χ4n) is 2.87. The summed E-state index contributed by atoms with van der Waals surface area (Å²) in [6.45, 7) is 2.77. The van der Waals surface area contributed by atoms with Gasteiger partial charge in [-0.1, -0.05) is 30.3 Å². The standard InChI is InChI=1S/C18H16BrN3O2S/c19-16-7-6-14(24-16)17(23)21-18-20-13-8-9-22(11-15(13)25-18)10-12-4-2-1-3-5-12/h1-7H,8-11H2,(H,20,21,23). The summed E-state index contributed by atoms with van der Waals surface area (Å²) in [6.07, 6.45) is 0.904. The van der Waals surface area contributed by atoms with Crippen molar-refractivity contribution in [2.24, 2.45) is 0 Å². The first-order chi connectivity index (χ1) is 12.2. The van der Waals surface area contributed by atoms with Gasteiger partial charge in [0.1, 0.15) is 0 Å². The van der Waals surface area contributed by atoms with Crippen molar-refractivity contribution in [3.05, 3.63) is 69.0 Å². The number of furan rings is 1. The van der Waals surface area contributed by atoms with Crippen molar-refractivity contribution in [2.45, 2.75) is 19.5 Å². The molecule has 0 aliphatic carbocycles. The fraction of sp³-hybridized carbons (Fsp3) is 0.222. The lowest BCUT2D eigenvalue weighted by molar-refractivity contribution is 0.0995. The molecule has 0 radical (unpaired) electrons. The maximum Gasteiger partial charge on any atom is 0.293 e. The van der Waals surface area contributed by atoms with Gasteiger partial charge in [0.2, 0.25) is 0 Å². The van der Waals surface area contributed by atoms with Gasteiger partial charge in [-0.2, -0.15) is 0 Å². The van der Waals surface area contributed by atoms with Gasteiger partial charge in [0.15, 0.2) is 15.6 Å². The average Bonchev–Trinajstić information content (AvgIpc) is 3.21. The van der Waals surface area contributed by atoms with E-state index in [9.17, 15) is 4.79 Å². The minimum atomic E-state index is -0.280. The Labute approximate surface area is 157 Å². The van der Waals surface area contributed by atoms with E-state index in [1.165, 1.54) is 10.4 Å². The number of carbonyl (C=O) groups excluding carboxylic acids is 1. The number of thiazole rings is 1. The summed E-state index contributed by atoms with van der Waals surface area (Å²) in [5.74, 6) is -0.0105. The van der Waals surface area contributed by atoms with Crippen molar-refractivity contribution in [2.75, 3.05) is 11.9 Å². The van der Waals surface area contributed by atoms with Crippen LogP contribution in [-0.2, 0) is 19.5 Å². The third-order valence-corrected chi connectivity index (χ3v) is 5.50. The van der Waals surface area contributed by atoms with Crippen LogP contribution in [0, 0.1) is 0 Å². The summed E-state index contributed by atoms with van der Waals surface area (Å²) in [6, 6.07) is 13.8. The summed E-state index contributed by atoms with van der Waals surface area (Å²) in [5, 5.41) is 3.46. The largest absolute Gasteiger partial charge is 0.444 e. The maximum absolute atomic E-state index is 12.2. The molecule has 1 N–H and O–H groups in total. The first kappa shape index (κ1) is 16.5. The highest BCUT2D eigenvalue weighted by atomic mass is 79.9. The number of benzene rings is 1. The van der Waals surface area contributed by atoms with Gasteiger partial charge in [0.25, 0.3) is 5.91 Å². The number of hydrogen-bond donors (Lipinski definition) is 1. The van der Waals surface area contributed by atoms with E-state index in [0.717, 1.165) is 31.7 Å². The molecule has 1 aliphatic heterocycles. The molecule has 3 aromatic rings. The Kier molecular flexibility index (Phi) is 4.70. The van der Waals surface area contributed by atoms with Crippen molar-refractivity contribution in [1.82, 2.24) is 9.88 Å². The van der Waals surface area contributed by atoms with Crippen LogP contribution in [0.5, 0.6) is 0 Å². The lowest BCUT2D eigenvalue weighted by Crippen LogP contribution is -2.29. The van der Waals surface area contributed by atoms with Gasteiger partial charge in [0, 0.05) is 30.9 Å². The fourth-order valence-corrected chi connectivity index (χ4v) is 4.23. The van der Waals surface area contributed by atoms with Crippen LogP contribution in [0.1, 0.15) is 26.7 Å². The minimum absolute atomic E-state index is 0.269. The molecule has 1 aliphatic rings. The van der Waals surface area contributed by atoms with Crippen molar-refractivity contribution in [3.8, 4) is 0 Å². The molecule has 0 bridgehead atoms. The number of nitrogens with zero attached hydrogens (tertiary/aromatic N) is 2. The Bertz CT molecular complexity index is 891. The molecule has 0 saturated heterocycles. The number of rotatable bonds is 4. The van der Waals surface area contributed by atoms with Gasteiger partial charge >= 0.3 is 0 Å². The quantitative estimate of drug-likeness (QED) is 0.686. The molecule has 1 amide bonds. The first-order valence-electron chi connectivity index (χ1n) is 7.99. The Morgan fingerprint density at radius 3 is 2.88 bits per heavy atom. The molecule has 7 heteroatoms. The third kappa shape index (κ3) is 3.84. The molecule has 128 valence electrons. The van der Waals surface area contributed by atoms with E-state index in [1.54, 1.807) is 23.5 Å². The maximum atomic E-state index is 12.2. The zero-order valence-electron chi connectivity index (χ0n) is 13.4. The van der Waals surface area contributed by atoms with E-state index < -0.39 is 0 Å². The van der Waals surface area contributed by atoms with Crippen LogP contribution in [0.2, 0.25) is 0 Å². The molecule has 25 heavy (non-hydrogen) atoms. The zero-order chi connectivity index (χ0) is 17.2. The van der Waals surface area contributed by atoms with Crippen molar-refractivity contribution in [1.29, 1.82) is 0 Å². The zero-order valence-corrected chi connectivity index (χ0v) is 15.8. The normalized spacial score (nSPS) is 14.3. The minimum Gasteiger partial charge on any atom is -0.444 e. The Hall–Kier alpha value is -1.96. The third-order valence-electron chi connectivity index (χ3n) is 4.08. The van der Waals surface area contributed by atoms with E-state index in [4.69, 9.17) is 4.42 Å². The number of halogens is 1. The van der Waals surface area contributed by atoms with Crippen LogP contribution in [0.3, 0.4) is 0 Å². The second-order valence-corrected chi connectivity index (χ2v) is 7.76. The van der Waals surface area contributed by atoms with Crippen LogP contribution >= 0.6 is 27.3 Å². The SMILES string of the molecule is O=C(Nc1nc2c(s1)CN(Cc1ccccc1)CC2)c1ccc(Br)o1. The number of carbonyl (C=O) groups is 1. The van der Waals surface area contributed by atoms with Crippen LogP contribution in [0.4, 0.5) is 5.13 Å². The topological polar surface area (TPSA) is 58.4 Å². The highest BCUT2D eigenvalue weighted by Gasteiger charge is 2.22. The monoisotopic (exact) mass is 417 g/mol. The summed E-state index contributed by atoms with van der Waals surface area (Å²) < 4.78 is 5.81. The number of hydrogen-bond acceptors (Lipinski definition) is 5. The highest BCUT2D eigenvalue weighted by molar-refractivity contribution is 9.10. The number of aromatic nitrogens is 1. The van der Waals surface area contributed by atoms with Gasteiger partial charge in [-0.25, -0.2) is 4.98 Å². The van der Waals surface area contributed by atoms with E-state index in [-0.39, 0.29) is 11.7 Å². The Morgan fingerprint density at radius 2 is 2.12 bits per heavy atom. The lowest BCUT2D eigenvalue weighted by Gasteiger charge is -2.25. The molecule has 0 fully saturated rings. The van der Waals surface area contributed by atoms with Gasteiger partial charge in [0.05, 0.1) is 5.69 Å². The summed E-state index contributed by atoms with van der Waals surface area (Å²) in [4.78, 5) is 20.4. The summed E-state index contributed by atoms with van der Waals surface area (Å²) >= 11 is 4.74. The smallest absolute Gasteiger partial charge is 0.293 e. The molecule has 0 atom stereocenters. The van der Waals surface area contributed by atoms with Crippen LogP contribution in [-0.4, -0.2) is 22.3 Å². The molecule has 5 nitrogen and oxygen atoms in total. The van der Waals surface area contributed by atoms with E-state index in [2.05, 4.69) is 55.4 Å². The Balaban J connectivity index is 1.43. The van der Waals surface area contributed by atoms with Gasteiger partial charge in [-0.15, -0.1) is 11.3 Å². The van der Waals surface area contributed by atoms with Crippen molar-refractivity contribution >= 4 is 38.3 Å². The molecular formula is C18H16BrN3O2S. The first-order valence-corrected chi connectivity index (χ1v) is 9.60. The molecule has 1 aromatic carbocycles. The van der Waals surface area contributed by atoms with E-state index >= 15 is 0 Å². The highest BCUT2D eigenvalue weighted by Crippen LogP contribution is 2.29. The molecule has 0 unspecified atom stereocenters. The predicted octanol–water partition coefficient (Wildman–Crippen LogP) is 4.31. The predicted molar refractivity (Wildman–Crippen MR) is 101 cm³/mol. The van der Waals surface area contributed by atoms with E-state index in [0.29, 0.717) is 9.80 Å². The molecule has 2 aromatic heterocycles. The summed E-state index contributed by atoms with van der Waals surface area (Å²) in [5.41, 5.74) is 2.40. The molecule has 0 saturated carbocycles.